The first-order valence-corrected chi connectivity index (χ1v) is 21.7. The molecule has 6 aliphatic carbocycles. The fourth-order valence-corrected chi connectivity index (χ4v) is 8.08. The molecule has 12 nitrogen and oxygen atoms in total. The van der Waals surface area contributed by atoms with E-state index in [2.05, 4.69) is 15.4 Å². The molecule has 0 atom stereocenters. The van der Waals surface area contributed by atoms with E-state index in [1.54, 1.807) is 31.2 Å². The molecule has 3 N–H and O–H groups in total. The normalized spacial score (nSPS) is 13.1. The van der Waals surface area contributed by atoms with Gasteiger partial charge in [0.05, 0.1) is 38.0 Å². The van der Waals surface area contributed by atoms with Crippen molar-refractivity contribution in [1.82, 2.24) is 0 Å². The Kier molecular flexibility index (Phi) is 15.3. The lowest BCUT2D eigenvalue weighted by Gasteiger charge is -2.00. The quantitative estimate of drug-likeness (QED) is 0.0630. The summed E-state index contributed by atoms with van der Waals surface area (Å²) in [6.07, 6.45) is 4.40. The molecular weight excluding hydrogens is 873 g/mol. The van der Waals surface area contributed by atoms with Gasteiger partial charge in [-0.15, -0.1) is 0 Å². The Labute approximate surface area is 398 Å². The number of rotatable bonds is 6. The third-order valence-electron chi connectivity index (χ3n) is 11.2. The number of anilines is 2. The van der Waals surface area contributed by atoms with Crippen LogP contribution < -0.4 is 10.6 Å². The Morgan fingerprint density at radius 3 is 1.06 bits per heavy atom. The van der Waals surface area contributed by atoms with Gasteiger partial charge in [0.15, 0.2) is 6.29 Å². The van der Waals surface area contributed by atoms with E-state index < -0.39 is 17.9 Å². The van der Waals surface area contributed by atoms with Crippen molar-refractivity contribution in [2.45, 2.75) is 6.92 Å². The van der Waals surface area contributed by atoms with Crippen LogP contribution in [0.1, 0.15) is 70.6 Å². The molecule has 344 valence electrons. The van der Waals surface area contributed by atoms with E-state index >= 15 is 0 Å². The standard InChI is InChI=1S/2C21H15NO3.C13H10O3.C2H6O/c2*1-25-21(24)18-12-13(14-7-3-2-4-8-15(14)18)11-17-16-9-5-6-10-19(16)22-20(17)23;1-16-13(15)12-7-9(8-14)10-5-3-2-4-6-11(10)12;1-2-3/h2*2-12H,1H3,(H,22,23);2-8H,1H3;3H,2H2,1H3/b17-11-;;;. The highest BCUT2D eigenvalue weighted by Gasteiger charge is 2.28. The van der Waals surface area contributed by atoms with Crippen molar-refractivity contribution >= 4 is 70.7 Å². The minimum absolute atomic E-state index is 0.143. The van der Waals surface area contributed by atoms with Crippen LogP contribution in [0.15, 0.2) is 158 Å². The first-order valence-electron chi connectivity index (χ1n) is 21.7. The van der Waals surface area contributed by atoms with E-state index in [0.29, 0.717) is 33.4 Å². The van der Waals surface area contributed by atoms with Crippen LogP contribution in [0.2, 0.25) is 0 Å². The second kappa shape index (κ2) is 22.0. The summed E-state index contributed by atoms with van der Waals surface area (Å²) < 4.78 is 14.5. The second-order valence-corrected chi connectivity index (χ2v) is 15.3. The SMILES string of the molecule is CCO.COC(=O)c1cc(/C=C2\C(=O)Nc3ccccc32)c2cccccc1-2.COC(=O)c1cc(C=C2C(=O)Nc3ccccc32)c2cccccc1-2.COC(=O)c1cc(C=O)c2cccccc1-2. The minimum atomic E-state index is -0.427. The van der Waals surface area contributed by atoms with Gasteiger partial charge in [0.25, 0.3) is 11.8 Å². The Bertz CT molecular complexity index is 3040. The highest BCUT2D eigenvalue weighted by Crippen LogP contribution is 2.40. The van der Waals surface area contributed by atoms with Crippen molar-refractivity contribution in [3.63, 3.8) is 0 Å². The maximum atomic E-state index is 12.4. The first-order chi connectivity index (χ1) is 33.6. The largest absolute Gasteiger partial charge is 0.465 e. The summed E-state index contributed by atoms with van der Waals surface area (Å²) >= 11 is 0. The molecule has 8 aliphatic rings. The van der Waals surface area contributed by atoms with Crippen LogP contribution >= 0.6 is 0 Å². The van der Waals surface area contributed by atoms with E-state index in [4.69, 9.17) is 14.6 Å². The Hall–Kier alpha value is -9.00. The molecule has 0 fully saturated rings. The van der Waals surface area contributed by atoms with Crippen molar-refractivity contribution in [2.24, 2.45) is 0 Å². The van der Waals surface area contributed by atoms with Gasteiger partial charge < -0.3 is 30.0 Å². The van der Waals surface area contributed by atoms with Crippen molar-refractivity contribution in [1.29, 1.82) is 0 Å². The summed E-state index contributed by atoms with van der Waals surface area (Å²) in [5, 5.41) is 13.3. The Morgan fingerprint density at radius 2 is 0.725 bits per heavy atom. The highest BCUT2D eigenvalue weighted by atomic mass is 16.5. The second-order valence-electron chi connectivity index (χ2n) is 15.3. The van der Waals surface area contributed by atoms with Crippen molar-refractivity contribution in [3.8, 4) is 33.4 Å². The molecule has 2 aromatic rings. The molecule has 0 bridgehead atoms. The number of carbonyl (C=O) groups is 6. The number of ether oxygens (including phenoxy) is 3. The molecule has 0 aromatic heterocycles. The Balaban J connectivity index is 0.000000152. The highest BCUT2D eigenvalue weighted by molar-refractivity contribution is 6.36. The summed E-state index contributed by atoms with van der Waals surface area (Å²) in [5.74, 6) is -1.50. The maximum absolute atomic E-state index is 12.4. The summed E-state index contributed by atoms with van der Waals surface area (Å²) in [6.45, 7) is 1.93. The molecule has 2 aromatic carbocycles. The number of benzene rings is 2. The maximum Gasteiger partial charge on any atom is 0.338 e. The van der Waals surface area contributed by atoms with Gasteiger partial charge in [-0.1, -0.05) is 127 Å². The smallest absolute Gasteiger partial charge is 0.338 e. The zero-order chi connectivity index (χ0) is 49.0. The summed E-state index contributed by atoms with van der Waals surface area (Å²) in [6, 6.07) is 48.4. The number of aliphatic hydroxyl groups excluding tert-OH is 1. The van der Waals surface area contributed by atoms with Crippen molar-refractivity contribution < 1.29 is 48.1 Å². The lowest BCUT2D eigenvalue weighted by molar-refractivity contribution is -0.111. The van der Waals surface area contributed by atoms with Gasteiger partial charge in [-0.3, -0.25) is 14.4 Å². The predicted octanol–water partition coefficient (Wildman–Crippen LogP) is 10.5. The van der Waals surface area contributed by atoms with E-state index in [9.17, 15) is 28.8 Å². The number of aldehydes is 1. The zero-order valence-corrected chi connectivity index (χ0v) is 38.1. The van der Waals surface area contributed by atoms with Gasteiger partial charge >= 0.3 is 17.9 Å². The molecule has 0 saturated carbocycles. The number of carbonyl (C=O) groups excluding carboxylic acids is 6. The van der Waals surface area contributed by atoms with Crippen LogP contribution in [-0.2, 0) is 23.8 Å². The fourth-order valence-electron chi connectivity index (χ4n) is 8.08. The zero-order valence-electron chi connectivity index (χ0n) is 38.1. The lowest BCUT2D eigenvalue weighted by atomic mass is 10.0. The number of hydrogen-bond donors (Lipinski definition) is 3. The molecule has 12 heteroatoms. The Morgan fingerprint density at radius 1 is 0.449 bits per heavy atom. The van der Waals surface area contributed by atoms with Gasteiger partial charge in [-0.05, 0) is 93.9 Å². The van der Waals surface area contributed by atoms with Crippen LogP contribution in [0.5, 0.6) is 0 Å². The van der Waals surface area contributed by atoms with E-state index in [0.717, 1.165) is 73.3 Å². The molecule has 0 radical (unpaired) electrons. The monoisotopic (exact) mass is 918 g/mol. The van der Waals surface area contributed by atoms with Crippen LogP contribution in [0.25, 0.3) is 56.7 Å². The van der Waals surface area contributed by atoms with Crippen molar-refractivity contribution in [3.05, 3.63) is 202 Å². The number of amides is 2. The third-order valence-corrected chi connectivity index (χ3v) is 11.2. The van der Waals surface area contributed by atoms with E-state index in [1.165, 1.54) is 21.3 Å². The molecule has 69 heavy (non-hydrogen) atoms. The number of aliphatic hydroxyl groups is 1. The summed E-state index contributed by atoms with van der Waals surface area (Å²) in [5.41, 5.74) is 12.9. The molecule has 0 spiro atoms. The number of fused-ring (bicyclic) bond motifs is 5. The number of esters is 3. The summed E-state index contributed by atoms with van der Waals surface area (Å²) in [4.78, 5) is 71.4. The van der Waals surface area contributed by atoms with Crippen LogP contribution in [0, 0.1) is 0 Å². The van der Waals surface area contributed by atoms with E-state index in [1.807, 2.05) is 146 Å². The number of methoxy groups -OCH3 is 3. The molecule has 0 unspecified atom stereocenters. The number of nitrogens with one attached hydrogen (secondary N) is 2. The third kappa shape index (κ3) is 10.2. The first kappa shape index (κ1) is 47.9. The summed E-state index contributed by atoms with van der Waals surface area (Å²) in [7, 11) is 4.05. The van der Waals surface area contributed by atoms with Gasteiger partial charge in [0.1, 0.15) is 0 Å². The van der Waals surface area contributed by atoms with Crippen molar-refractivity contribution in [2.75, 3.05) is 38.6 Å². The number of hydrogen-bond acceptors (Lipinski definition) is 10. The average molecular weight is 919 g/mol. The van der Waals surface area contributed by atoms with Crippen LogP contribution in [0.4, 0.5) is 11.4 Å². The molecule has 0 saturated heterocycles. The topological polar surface area (TPSA) is 174 Å². The fraction of sp³-hybridized carbons (Fsp3) is 0.0877. The molecule has 2 heterocycles. The van der Waals surface area contributed by atoms with Gasteiger partial charge in [0.2, 0.25) is 0 Å². The van der Waals surface area contributed by atoms with Gasteiger partial charge in [0, 0.05) is 45.8 Å². The average Bonchev–Trinajstić information content (AvgIpc) is 4.00. The molecular formula is C57H46N2O10. The molecule has 2 aliphatic heterocycles. The van der Waals surface area contributed by atoms with Crippen LogP contribution in [0.3, 0.4) is 0 Å². The van der Waals surface area contributed by atoms with Gasteiger partial charge in [-0.2, -0.15) is 0 Å². The molecule has 2 amide bonds. The van der Waals surface area contributed by atoms with E-state index in [-0.39, 0.29) is 18.4 Å². The predicted molar refractivity (Wildman–Crippen MR) is 267 cm³/mol. The lowest BCUT2D eigenvalue weighted by Crippen LogP contribution is -2.03. The van der Waals surface area contributed by atoms with Crippen LogP contribution in [-0.4, -0.2) is 69.1 Å². The molecule has 10 rings (SSSR count). The number of para-hydroxylation sites is 2. The van der Waals surface area contributed by atoms with Gasteiger partial charge in [-0.25, -0.2) is 14.4 Å². The minimum Gasteiger partial charge on any atom is -0.465 e.